The van der Waals surface area contributed by atoms with Crippen molar-refractivity contribution in [3.05, 3.63) is 18.0 Å². The van der Waals surface area contributed by atoms with E-state index >= 15 is 0 Å². The van der Waals surface area contributed by atoms with Gasteiger partial charge in [0, 0.05) is 6.20 Å². The number of rotatable bonds is 1. The molecule has 0 saturated carbocycles. The van der Waals surface area contributed by atoms with Gasteiger partial charge >= 0.3 is 0 Å². The van der Waals surface area contributed by atoms with E-state index in [1.54, 1.807) is 0 Å². The highest BCUT2D eigenvalue weighted by Gasteiger charge is 2.22. The average Bonchev–Trinajstić information content (AvgIpc) is 2.55. The Kier molecular flexibility index (Phi) is 1.66. The zero-order valence-corrected chi connectivity index (χ0v) is 6.75. The summed E-state index contributed by atoms with van der Waals surface area (Å²) in [5.41, 5.74) is 1.25. The maximum atomic E-state index is 3.95. The topological polar surface area (TPSA) is 31.9 Å². The molecule has 3 heteroatoms. The number of likely N-dealkylation sites (tertiary alicyclic amines) is 1. The highest BCUT2D eigenvalue weighted by Crippen LogP contribution is 2.28. The first-order valence-electron chi connectivity index (χ1n) is 4.07. The summed E-state index contributed by atoms with van der Waals surface area (Å²) in [7, 11) is 2.17. The van der Waals surface area contributed by atoms with E-state index in [4.69, 9.17) is 0 Å². The van der Waals surface area contributed by atoms with Crippen LogP contribution in [-0.2, 0) is 0 Å². The Bertz CT molecular complexity index is 217. The number of aromatic amines is 1. The Hall–Kier alpha value is -0.830. The van der Waals surface area contributed by atoms with E-state index in [1.807, 2.05) is 6.20 Å². The number of hydrogen-bond donors (Lipinski definition) is 1. The van der Waals surface area contributed by atoms with Crippen LogP contribution in [0.3, 0.4) is 0 Å². The lowest BCUT2D eigenvalue weighted by molar-refractivity contribution is 0.311. The van der Waals surface area contributed by atoms with E-state index in [2.05, 4.69) is 28.2 Å². The molecule has 11 heavy (non-hydrogen) atoms. The molecule has 0 amide bonds. The molecule has 1 aromatic heterocycles. The molecule has 1 fully saturated rings. The van der Waals surface area contributed by atoms with Gasteiger partial charge in [-0.3, -0.25) is 10.00 Å². The molecular formula is C8H13N3. The number of hydrogen-bond acceptors (Lipinski definition) is 2. The maximum absolute atomic E-state index is 3.95. The lowest BCUT2D eigenvalue weighted by Crippen LogP contribution is -2.17. The first-order valence-corrected chi connectivity index (χ1v) is 4.07. The molecular weight excluding hydrogens is 138 g/mol. The van der Waals surface area contributed by atoms with Crippen molar-refractivity contribution in [3.63, 3.8) is 0 Å². The predicted molar refractivity (Wildman–Crippen MR) is 43.2 cm³/mol. The molecule has 1 aliphatic heterocycles. The number of nitrogens with zero attached hydrogens (tertiary/aromatic N) is 2. The summed E-state index contributed by atoms with van der Waals surface area (Å²) in [5.74, 6) is 0. The van der Waals surface area contributed by atoms with Crippen LogP contribution in [-0.4, -0.2) is 28.7 Å². The average molecular weight is 151 g/mol. The molecule has 0 unspecified atom stereocenters. The van der Waals surface area contributed by atoms with E-state index in [9.17, 15) is 0 Å². The Morgan fingerprint density at radius 3 is 3.18 bits per heavy atom. The molecule has 0 bridgehead atoms. The Morgan fingerprint density at radius 2 is 2.64 bits per heavy atom. The molecule has 1 N–H and O–H groups in total. The van der Waals surface area contributed by atoms with E-state index in [-0.39, 0.29) is 0 Å². The fraction of sp³-hybridized carbons (Fsp3) is 0.625. The van der Waals surface area contributed by atoms with Crippen molar-refractivity contribution < 1.29 is 0 Å². The van der Waals surface area contributed by atoms with Crippen molar-refractivity contribution in [1.82, 2.24) is 15.1 Å². The molecule has 0 radical (unpaired) electrons. The highest BCUT2D eigenvalue weighted by atomic mass is 15.2. The van der Waals surface area contributed by atoms with Crippen LogP contribution in [0.4, 0.5) is 0 Å². The second-order valence-electron chi connectivity index (χ2n) is 3.15. The van der Waals surface area contributed by atoms with Crippen LogP contribution in [0.25, 0.3) is 0 Å². The smallest absolute Gasteiger partial charge is 0.0523 e. The van der Waals surface area contributed by atoms with Gasteiger partial charge in [-0.1, -0.05) is 0 Å². The highest BCUT2D eigenvalue weighted by molar-refractivity contribution is 5.06. The molecule has 0 aromatic carbocycles. The van der Waals surface area contributed by atoms with Crippen molar-refractivity contribution in [2.24, 2.45) is 0 Å². The fourth-order valence-corrected chi connectivity index (χ4v) is 1.76. The zero-order valence-electron chi connectivity index (χ0n) is 6.75. The summed E-state index contributed by atoms with van der Waals surface area (Å²) in [6, 6.07) is 2.64. The van der Waals surface area contributed by atoms with E-state index < -0.39 is 0 Å². The van der Waals surface area contributed by atoms with Crippen LogP contribution in [0.5, 0.6) is 0 Å². The van der Waals surface area contributed by atoms with E-state index in [0.717, 1.165) is 0 Å². The molecule has 60 valence electrons. The third-order valence-corrected chi connectivity index (χ3v) is 2.40. The van der Waals surface area contributed by atoms with E-state index in [1.165, 1.54) is 25.1 Å². The van der Waals surface area contributed by atoms with Crippen LogP contribution in [0, 0.1) is 0 Å². The molecule has 1 aromatic rings. The van der Waals surface area contributed by atoms with Crippen LogP contribution in [0.2, 0.25) is 0 Å². The molecule has 1 aliphatic rings. The molecule has 1 atom stereocenters. The lowest BCUT2D eigenvalue weighted by Gasteiger charge is -2.16. The SMILES string of the molecule is CN1CCC[C@@H]1c1ccn[nH]1. The van der Waals surface area contributed by atoms with Gasteiger partial charge in [-0.25, -0.2) is 0 Å². The first-order chi connectivity index (χ1) is 5.38. The number of H-pyrrole nitrogens is 1. The van der Waals surface area contributed by atoms with Gasteiger partial charge in [0.1, 0.15) is 0 Å². The van der Waals surface area contributed by atoms with Gasteiger partial charge in [-0.15, -0.1) is 0 Å². The Labute approximate surface area is 66.4 Å². The summed E-state index contributed by atoms with van der Waals surface area (Å²) < 4.78 is 0. The largest absolute Gasteiger partial charge is 0.298 e. The quantitative estimate of drug-likeness (QED) is 0.653. The van der Waals surface area contributed by atoms with Crippen molar-refractivity contribution in [3.8, 4) is 0 Å². The molecule has 2 heterocycles. The van der Waals surface area contributed by atoms with Gasteiger partial charge in [-0.05, 0) is 32.5 Å². The number of nitrogens with one attached hydrogen (secondary N) is 1. The van der Waals surface area contributed by atoms with E-state index in [0.29, 0.717) is 6.04 Å². The lowest BCUT2D eigenvalue weighted by atomic mass is 10.1. The summed E-state index contributed by atoms with van der Waals surface area (Å²) in [4.78, 5) is 2.37. The molecule has 3 nitrogen and oxygen atoms in total. The van der Waals surface area contributed by atoms with Crippen molar-refractivity contribution in [2.75, 3.05) is 13.6 Å². The Morgan fingerprint density at radius 1 is 1.73 bits per heavy atom. The second kappa shape index (κ2) is 2.66. The van der Waals surface area contributed by atoms with Crippen LogP contribution < -0.4 is 0 Å². The minimum atomic E-state index is 0.581. The summed E-state index contributed by atoms with van der Waals surface area (Å²) >= 11 is 0. The molecule has 1 saturated heterocycles. The Balaban J connectivity index is 2.16. The van der Waals surface area contributed by atoms with Gasteiger partial charge in [0.2, 0.25) is 0 Å². The third-order valence-electron chi connectivity index (χ3n) is 2.40. The minimum absolute atomic E-state index is 0.581. The van der Waals surface area contributed by atoms with Crippen molar-refractivity contribution in [1.29, 1.82) is 0 Å². The molecule has 0 spiro atoms. The zero-order chi connectivity index (χ0) is 7.68. The summed E-state index contributed by atoms with van der Waals surface area (Å²) in [6.07, 6.45) is 4.39. The molecule has 2 rings (SSSR count). The molecule has 0 aliphatic carbocycles. The summed E-state index contributed by atoms with van der Waals surface area (Å²) in [6.45, 7) is 1.21. The minimum Gasteiger partial charge on any atom is -0.298 e. The van der Waals surface area contributed by atoms with Crippen LogP contribution >= 0.6 is 0 Å². The summed E-state index contributed by atoms with van der Waals surface area (Å²) in [5, 5.41) is 6.97. The van der Waals surface area contributed by atoms with Gasteiger partial charge in [-0.2, -0.15) is 5.10 Å². The van der Waals surface area contributed by atoms with Gasteiger partial charge in [0.15, 0.2) is 0 Å². The van der Waals surface area contributed by atoms with Crippen molar-refractivity contribution in [2.45, 2.75) is 18.9 Å². The second-order valence-corrected chi connectivity index (χ2v) is 3.15. The van der Waals surface area contributed by atoms with Gasteiger partial charge < -0.3 is 0 Å². The monoisotopic (exact) mass is 151 g/mol. The predicted octanol–water partition coefficient (Wildman–Crippen LogP) is 1.18. The van der Waals surface area contributed by atoms with Crippen LogP contribution in [0.15, 0.2) is 12.3 Å². The van der Waals surface area contributed by atoms with Crippen LogP contribution in [0.1, 0.15) is 24.6 Å². The normalized spacial score (nSPS) is 26.1. The maximum Gasteiger partial charge on any atom is 0.0523 e. The van der Waals surface area contributed by atoms with Crippen molar-refractivity contribution >= 4 is 0 Å². The fourth-order valence-electron chi connectivity index (χ4n) is 1.76. The van der Waals surface area contributed by atoms with Gasteiger partial charge in [0.05, 0.1) is 11.7 Å². The van der Waals surface area contributed by atoms with Gasteiger partial charge in [0.25, 0.3) is 0 Å². The standard InChI is InChI=1S/C8H13N3/c1-11-6-2-3-8(11)7-4-5-9-10-7/h4-5,8H,2-3,6H2,1H3,(H,9,10)/t8-/m1/s1. The third kappa shape index (κ3) is 1.16. The number of aromatic nitrogens is 2. The first kappa shape index (κ1) is 6.85.